The Morgan fingerprint density at radius 3 is 2.23 bits per heavy atom. The highest BCUT2D eigenvalue weighted by Crippen LogP contribution is 2.28. The van der Waals surface area contributed by atoms with E-state index in [1.807, 2.05) is 24.3 Å². The molecule has 1 heterocycles. The molecule has 0 radical (unpaired) electrons. The van der Waals surface area contributed by atoms with E-state index in [1.54, 1.807) is 31.8 Å². The van der Waals surface area contributed by atoms with Crippen molar-refractivity contribution < 1.29 is 19.5 Å². The van der Waals surface area contributed by atoms with Crippen LogP contribution in [0.1, 0.15) is 21.5 Å². The number of rotatable bonds is 9. The molecule has 0 bridgehead atoms. The Bertz CT molecular complexity index is 1140. The van der Waals surface area contributed by atoms with Crippen LogP contribution < -0.4 is 15.0 Å². The van der Waals surface area contributed by atoms with Gasteiger partial charge in [0.25, 0.3) is 5.91 Å². The maximum Gasteiger partial charge on any atom is 0.274 e. The number of hydrogen-bond acceptors (Lipinski definition) is 6. The van der Waals surface area contributed by atoms with E-state index in [9.17, 15) is 4.79 Å². The maximum atomic E-state index is 11.8. The molecule has 184 valence electrons. The van der Waals surface area contributed by atoms with Crippen LogP contribution in [-0.4, -0.2) is 67.9 Å². The molecule has 0 unspecified atom stereocenters. The summed E-state index contributed by atoms with van der Waals surface area (Å²) in [6.45, 7) is 6.08. The minimum Gasteiger partial charge on any atom is -0.493 e. The molecule has 3 aromatic carbocycles. The minimum atomic E-state index is -0.507. The first kappa shape index (κ1) is 24.7. The Morgan fingerprint density at radius 1 is 0.829 bits per heavy atom. The van der Waals surface area contributed by atoms with Gasteiger partial charge < -0.3 is 14.4 Å². The van der Waals surface area contributed by atoms with Gasteiger partial charge in [-0.05, 0) is 59.0 Å². The van der Waals surface area contributed by atoms with E-state index in [2.05, 4.69) is 40.1 Å². The number of nitrogens with one attached hydrogen (secondary N) is 1. The van der Waals surface area contributed by atoms with Crippen LogP contribution in [0.25, 0.3) is 11.1 Å². The lowest BCUT2D eigenvalue weighted by molar-refractivity contribution is 0.0706. The minimum absolute atomic E-state index is 0.430. The van der Waals surface area contributed by atoms with Crippen LogP contribution in [0.3, 0.4) is 0 Å². The second-order valence-electron chi connectivity index (χ2n) is 8.78. The van der Waals surface area contributed by atoms with Gasteiger partial charge in [-0.2, -0.15) is 0 Å². The molecule has 0 atom stereocenters. The number of carbonyl (C=O) groups excluding carboxylic acids is 1. The average Bonchev–Trinajstić information content (AvgIpc) is 2.92. The van der Waals surface area contributed by atoms with Crippen LogP contribution in [0.5, 0.6) is 11.5 Å². The fourth-order valence-corrected chi connectivity index (χ4v) is 4.51. The van der Waals surface area contributed by atoms with Gasteiger partial charge in [-0.25, -0.2) is 5.48 Å². The van der Waals surface area contributed by atoms with Crippen LogP contribution in [0, 0.1) is 0 Å². The average molecular weight is 476 g/mol. The van der Waals surface area contributed by atoms with Crippen molar-refractivity contribution in [3.8, 4) is 22.6 Å². The number of hydroxylamine groups is 1. The molecule has 7 heteroatoms. The molecule has 1 saturated heterocycles. The summed E-state index contributed by atoms with van der Waals surface area (Å²) in [6.07, 6.45) is 0.982. The zero-order chi connectivity index (χ0) is 24.6. The summed E-state index contributed by atoms with van der Waals surface area (Å²) in [5.74, 6) is 1.03. The SMILES string of the molecule is COc1ccc(CCN2CCN(Cc3cccc(-c4cccc(C(=O)NO)c4)c3)CC2)cc1OC. The van der Waals surface area contributed by atoms with Crippen molar-refractivity contribution in [3.05, 3.63) is 83.4 Å². The molecule has 4 rings (SSSR count). The van der Waals surface area contributed by atoms with Gasteiger partial charge in [0.1, 0.15) is 0 Å². The summed E-state index contributed by atoms with van der Waals surface area (Å²) in [7, 11) is 3.33. The highest BCUT2D eigenvalue weighted by atomic mass is 16.5. The van der Waals surface area contributed by atoms with Crippen LogP contribution in [-0.2, 0) is 13.0 Å². The Balaban J connectivity index is 1.30. The Hall–Kier alpha value is -3.39. The van der Waals surface area contributed by atoms with Crippen LogP contribution in [0.2, 0.25) is 0 Å². The van der Waals surface area contributed by atoms with E-state index in [0.717, 1.165) is 68.3 Å². The fourth-order valence-electron chi connectivity index (χ4n) is 4.51. The molecule has 1 amide bonds. The Morgan fingerprint density at radius 2 is 1.51 bits per heavy atom. The summed E-state index contributed by atoms with van der Waals surface area (Å²) in [4.78, 5) is 16.8. The van der Waals surface area contributed by atoms with Crippen molar-refractivity contribution in [2.45, 2.75) is 13.0 Å². The fraction of sp³-hybridized carbons (Fsp3) is 0.321. The van der Waals surface area contributed by atoms with Gasteiger partial charge in [-0.3, -0.25) is 14.9 Å². The van der Waals surface area contributed by atoms with E-state index in [4.69, 9.17) is 14.7 Å². The molecule has 0 spiro atoms. The first-order chi connectivity index (χ1) is 17.1. The Kier molecular flexibility index (Phi) is 8.36. The maximum absolute atomic E-state index is 11.8. The topological polar surface area (TPSA) is 74.3 Å². The predicted molar refractivity (Wildman–Crippen MR) is 136 cm³/mol. The second kappa shape index (κ2) is 11.8. The number of carbonyl (C=O) groups is 1. The zero-order valence-electron chi connectivity index (χ0n) is 20.4. The number of amides is 1. The predicted octanol–water partition coefficient (Wildman–Crippen LogP) is 3.85. The second-order valence-corrected chi connectivity index (χ2v) is 8.78. The van der Waals surface area contributed by atoms with Crippen molar-refractivity contribution in [1.82, 2.24) is 15.3 Å². The lowest BCUT2D eigenvalue weighted by atomic mass is 10.0. The number of benzene rings is 3. The number of methoxy groups -OCH3 is 2. The van der Waals surface area contributed by atoms with Crippen molar-refractivity contribution in [3.63, 3.8) is 0 Å². The largest absolute Gasteiger partial charge is 0.493 e. The van der Waals surface area contributed by atoms with E-state index in [1.165, 1.54) is 11.1 Å². The third-order valence-corrected chi connectivity index (χ3v) is 6.52. The summed E-state index contributed by atoms with van der Waals surface area (Å²) in [6, 6.07) is 21.9. The number of nitrogens with zero attached hydrogens (tertiary/aromatic N) is 2. The molecule has 1 aliphatic heterocycles. The summed E-state index contributed by atoms with van der Waals surface area (Å²) >= 11 is 0. The number of ether oxygens (including phenoxy) is 2. The van der Waals surface area contributed by atoms with E-state index in [0.29, 0.717) is 5.56 Å². The molecular formula is C28H33N3O4. The summed E-state index contributed by atoms with van der Waals surface area (Å²) in [5, 5.41) is 8.91. The standard InChI is InChI=1S/C28H33N3O4/c1-34-26-10-9-21(18-27(26)35-2)11-12-30-13-15-31(16-14-30)20-22-5-3-6-23(17-22)24-7-4-8-25(19-24)28(32)29-33/h3-10,17-19,33H,11-16,20H2,1-2H3,(H,29,32). The third kappa shape index (κ3) is 6.39. The molecule has 35 heavy (non-hydrogen) atoms. The third-order valence-electron chi connectivity index (χ3n) is 6.52. The highest BCUT2D eigenvalue weighted by molar-refractivity contribution is 5.94. The van der Waals surface area contributed by atoms with Crippen molar-refractivity contribution in [2.75, 3.05) is 46.9 Å². The van der Waals surface area contributed by atoms with Crippen LogP contribution in [0.15, 0.2) is 66.7 Å². The van der Waals surface area contributed by atoms with Crippen LogP contribution in [0.4, 0.5) is 0 Å². The number of hydrogen-bond donors (Lipinski definition) is 2. The number of piperazine rings is 1. The van der Waals surface area contributed by atoms with Crippen LogP contribution >= 0.6 is 0 Å². The molecule has 0 aromatic heterocycles. The molecule has 3 aromatic rings. The van der Waals surface area contributed by atoms with Crippen molar-refractivity contribution in [2.24, 2.45) is 0 Å². The van der Waals surface area contributed by atoms with Gasteiger partial charge in [0.05, 0.1) is 14.2 Å². The van der Waals surface area contributed by atoms with Gasteiger partial charge in [-0.15, -0.1) is 0 Å². The van der Waals surface area contributed by atoms with Gasteiger partial charge in [-0.1, -0.05) is 36.4 Å². The monoisotopic (exact) mass is 475 g/mol. The van der Waals surface area contributed by atoms with Gasteiger partial charge >= 0.3 is 0 Å². The van der Waals surface area contributed by atoms with Gasteiger partial charge in [0, 0.05) is 44.8 Å². The van der Waals surface area contributed by atoms with Gasteiger partial charge in [0.15, 0.2) is 11.5 Å². The lowest BCUT2D eigenvalue weighted by Gasteiger charge is -2.34. The van der Waals surface area contributed by atoms with E-state index >= 15 is 0 Å². The van der Waals surface area contributed by atoms with Crippen molar-refractivity contribution >= 4 is 5.91 Å². The summed E-state index contributed by atoms with van der Waals surface area (Å²) < 4.78 is 10.8. The van der Waals surface area contributed by atoms with Crippen molar-refractivity contribution in [1.29, 1.82) is 0 Å². The molecule has 0 saturated carbocycles. The quantitative estimate of drug-likeness (QED) is 0.362. The Labute approximate surface area is 206 Å². The smallest absolute Gasteiger partial charge is 0.274 e. The molecular weight excluding hydrogens is 442 g/mol. The first-order valence-corrected chi connectivity index (χ1v) is 11.9. The highest BCUT2D eigenvalue weighted by Gasteiger charge is 2.17. The van der Waals surface area contributed by atoms with E-state index in [-0.39, 0.29) is 0 Å². The molecule has 1 fully saturated rings. The zero-order valence-corrected chi connectivity index (χ0v) is 20.4. The molecule has 0 aliphatic carbocycles. The van der Waals surface area contributed by atoms with Gasteiger partial charge in [0.2, 0.25) is 0 Å². The normalized spacial score (nSPS) is 14.5. The lowest BCUT2D eigenvalue weighted by Crippen LogP contribution is -2.46. The molecule has 7 nitrogen and oxygen atoms in total. The molecule has 2 N–H and O–H groups in total. The summed E-state index contributed by atoms with van der Waals surface area (Å²) in [5.41, 5.74) is 6.64. The molecule has 1 aliphatic rings. The first-order valence-electron chi connectivity index (χ1n) is 11.9. The van der Waals surface area contributed by atoms with E-state index < -0.39 is 5.91 Å².